The van der Waals surface area contributed by atoms with Crippen LogP contribution in [-0.4, -0.2) is 28.7 Å². The summed E-state index contributed by atoms with van der Waals surface area (Å²) in [6.45, 7) is 0. The van der Waals surface area contributed by atoms with E-state index < -0.39 is 60.4 Å². The summed E-state index contributed by atoms with van der Waals surface area (Å²) in [6.07, 6.45) is 0. The Kier molecular flexibility index (Phi) is 5.02. The van der Waals surface area contributed by atoms with Crippen molar-refractivity contribution in [2.24, 2.45) is 0 Å². The topological polar surface area (TPSA) is 53.5 Å². The lowest BCUT2D eigenvalue weighted by Crippen LogP contribution is -2.07. The van der Waals surface area contributed by atoms with Crippen LogP contribution in [0.3, 0.4) is 0 Å². The van der Waals surface area contributed by atoms with Crippen LogP contribution in [0.5, 0.6) is 0 Å². The Morgan fingerprint density at radius 1 is 0.351 bits per heavy atom. The molecule has 0 unspecified atom stereocenters. The SMILES string of the molecule is [2H]c1c([2H])c([2H])c(-c2nc(-c3c([2H])c([2H])c([2H])c([2H])c3[2H])nc(-n3c4ccccc4c4ccc5c6ccccc6n(-c6ccc7c8ccccc8n(-c8ccccc8)c7c6)c5c43)n2)c([2H])c1[2H]. The summed E-state index contributed by atoms with van der Waals surface area (Å²) in [5, 5.41) is 5.70. The molecule has 8 aromatic carbocycles. The highest BCUT2D eigenvalue weighted by Gasteiger charge is 2.24. The molecule has 0 aliphatic heterocycles. The Balaban J connectivity index is 1.24. The normalized spacial score (nSPS) is 14.3. The largest absolute Gasteiger partial charge is 0.309 e. The number of hydrogen-bond donors (Lipinski definition) is 0. The predicted octanol–water partition coefficient (Wildman–Crippen LogP) is 12.5. The van der Waals surface area contributed by atoms with Crippen LogP contribution < -0.4 is 0 Å². The van der Waals surface area contributed by atoms with Gasteiger partial charge in [0.15, 0.2) is 11.6 Å². The number of benzene rings is 8. The number of aromatic nitrogens is 6. The Morgan fingerprint density at radius 2 is 0.807 bits per heavy atom. The van der Waals surface area contributed by atoms with E-state index in [9.17, 15) is 0 Å². The first-order valence-electron chi connectivity index (χ1n) is 23.4. The number of hydrogen-bond acceptors (Lipinski definition) is 3. The zero-order valence-electron chi connectivity index (χ0n) is 39.9. The molecule has 0 saturated carbocycles. The molecule has 4 aromatic heterocycles. The molecule has 0 saturated heterocycles. The van der Waals surface area contributed by atoms with E-state index in [2.05, 4.69) is 74.8 Å². The van der Waals surface area contributed by atoms with Gasteiger partial charge in [-0.15, -0.1) is 0 Å². The maximum Gasteiger partial charge on any atom is 0.238 e. The molecule has 57 heavy (non-hydrogen) atoms. The summed E-state index contributed by atoms with van der Waals surface area (Å²) >= 11 is 0. The minimum absolute atomic E-state index is 0.0752. The summed E-state index contributed by atoms with van der Waals surface area (Å²) < 4.78 is 92.8. The monoisotopic (exact) mass is 738 g/mol. The fraction of sp³-hybridized carbons (Fsp3) is 0. The molecule has 0 fully saturated rings. The second-order valence-corrected chi connectivity index (χ2v) is 13.7. The molecule has 0 aliphatic carbocycles. The average molecular weight is 739 g/mol. The van der Waals surface area contributed by atoms with Crippen LogP contribution in [0.25, 0.3) is 106 Å². The molecule has 12 aromatic rings. The van der Waals surface area contributed by atoms with Crippen LogP contribution in [0, 0.1) is 0 Å². The summed E-state index contributed by atoms with van der Waals surface area (Å²) in [5.74, 6) is -0.767. The van der Waals surface area contributed by atoms with Crippen molar-refractivity contribution in [3.63, 3.8) is 0 Å². The van der Waals surface area contributed by atoms with E-state index in [1.807, 2.05) is 77.4 Å². The van der Waals surface area contributed by atoms with Gasteiger partial charge in [-0.2, -0.15) is 9.97 Å². The smallest absolute Gasteiger partial charge is 0.238 e. The van der Waals surface area contributed by atoms with Gasteiger partial charge in [-0.05, 0) is 42.5 Å². The van der Waals surface area contributed by atoms with Gasteiger partial charge in [0, 0.05) is 54.8 Å². The van der Waals surface area contributed by atoms with Crippen LogP contribution in [0.2, 0.25) is 0 Å². The molecule has 6 heteroatoms. The number of para-hydroxylation sites is 4. The third-order valence-corrected chi connectivity index (χ3v) is 10.7. The van der Waals surface area contributed by atoms with Crippen molar-refractivity contribution in [1.29, 1.82) is 0 Å². The van der Waals surface area contributed by atoms with Crippen LogP contribution in [0.15, 0.2) is 194 Å². The molecule has 0 bridgehead atoms. The van der Waals surface area contributed by atoms with Gasteiger partial charge in [-0.1, -0.05) is 151 Å². The first-order valence-corrected chi connectivity index (χ1v) is 18.4. The molecule has 0 aliphatic rings. The predicted molar refractivity (Wildman–Crippen MR) is 234 cm³/mol. The van der Waals surface area contributed by atoms with Crippen molar-refractivity contribution in [3.05, 3.63) is 194 Å². The highest BCUT2D eigenvalue weighted by atomic mass is 15.2. The minimum atomic E-state index is -0.617. The van der Waals surface area contributed by atoms with Crippen molar-refractivity contribution in [1.82, 2.24) is 28.7 Å². The van der Waals surface area contributed by atoms with Crippen LogP contribution in [0.4, 0.5) is 0 Å². The molecule has 0 amide bonds. The van der Waals surface area contributed by atoms with Crippen LogP contribution in [-0.2, 0) is 0 Å². The van der Waals surface area contributed by atoms with Crippen LogP contribution >= 0.6 is 0 Å². The van der Waals surface area contributed by atoms with Gasteiger partial charge in [0.25, 0.3) is 0 Å². The molecule has 0 spiro atoms. The van der Waals surface area contributed by atoms with E-state index >= 15 is 0 Å². The zero-order valence-corrected chi connectivity index (χ0v) is 29.9. The van der Waals surface area contributed by atoms with Crippen molar-refractivity contribution >= 4 is 65.4 Å². The Bertz CT molecular complexity index is 3980. The van der Waals surface area contributed by atoms with E-state index in [4.69, 9.17) is 23.7 Å². The molecule has 266 valence electrons. The Morgan fingerprint density at radius 3 is 1.40 bits per heavy atom. The molecule has 4 heterocycles. The Labute approximate surface area is 341 Å². The molecular weight excluding hydrogens is 697 g/mol. The molecule has 0 N–H and O–H groups in total. The van der Waals surface area contributed by atoms with Gasteiger partial charge in [-0.25, -0.2) is 4.98 Å². The third-order valence-electron chi connectivity index (χ3n) is 10.7. The lowest BCUT2D eigenvalue weighted by atomic mass is 10.1. The van der Waals surface area contributed by atoms with Gasteiger partial charge in [0.05, 0.1) is 46.8 Å². The average Bonchev–Trinajstić information content (AvgIpc) is 4.00. The van der Waals surface area contributed by atoms with Gasteiger partial charge < -0.3 is 9.13 Å². The standard InChI is InChI=1S/C51H32N6/c1-4-16-33(17-5-1)49-52-50(34-18-6-2-7-19-34)54-51(53-49)57-45-27-15-12-24-39(45)42-31-30-41-38-23-11-14-26-44(38)56(47(41)48(42)57)36-28-29-40-37-22-10-13-25-43(37)55(46(40)32-36)35-20-8-3-9-21-35/h1-32H/i1D,2D,4D,5D,6D,7D,16D,17D,18D,19D. The highest BCUT2D eigenvalue weighted by molar-refractivity contribution is 6.24. The van der Waals surface area contributed by atoms with Gasteiger partial charge >= 0.3 is 0 Å². The molecule has 0 radical (unpaired) electrons. The molecular formula is C51H32N6. The number of fused-ring (bicyclic) bond motifs is 10. The molecule has 12 rings (SSSR count). The first-order chi connectivity index (χ1) is 32.4. The van der Waals surface area contributed by atoms with Crippen LogP contribution in [0.1, 0.15) is 13.7 Å². The van der Waals surface area contributed by atoms with Gasteiger partial charge in [0.1, 0.15) is 0 Å². The summed E-state index contributed by atoms with van der Waals surface area (Å²) in [7, 11) is 0. The minimum Gasteiger partial charge on any atom is -0.309 e. The van der Waals surface area contributed by atoms with Gasteiger partial charge in [0.2, 0.25) is 5.95 Å². The zero-order chi connectivity index (χ0) is 46.2. The molecule has 6 nitrogen and oxygen atoms in total. The number of nitrogens with zero attached hydrogens (tertiary/aromatic N) is 6. The van der Waals surface area contributed by atoms with E-state index in [1.54, 1.807) is 0 Å². The van der Waals surface area contributed by atoms with Crippen molar-refractivity contribution in [2.45, 2.75) is 0 Å². The highest BCUT2D eigenvalue weighted by Crippen LogP contribution is 2.42. The second-order valence-electron chi connectivity index (χ2n) is 13.7. The lowest BCUT2D eigenvalue weighted by molar-refractivity contribution is 0.953. The third kappa shape index (κ3) is 4.74. The fourth-order valence-corrected chi connectivity index (χ4v) is 8.34. The quantitative estimate of drug-likeness (QED) is 0.177. The first kappa shape index (κ1) is 23.2. The lowest BCUT2D eigenvalue weighted by Gasteiger charge is -2.14. The van der Waals surface area contributed by atoms with E-state index in [0.29, 0.717) is 11.0 Å². The summed E-state index contributed by atoms with van der Waals surface area (Å²) in [5.41, 5.74) is 6.24. The Hall–Kier alpha value is -7.83. The fourth-order valence-electron chi connectivity index (χ4n) is 8.34. The van der Waals surface area contributed by atoms with Crippen molar-refractivity contribution in [3.8, 4) is 40.1 Å². The number of rotatable bonds is 5. The maximum absolute atomic E-state index is 8.95. The van der Waals surface area contributed by atoms with Crippen molar-refractivity contribution in [2.75, 3.05) is 0 Å². The van der Waals surface area contributed by atoms with Crippen molar-refractivity contribution < 1.29 is 13.7 Å². The van der Waals surface area contributed by atoms with Gasteiger partial charge in [-0.3, -0.25) is 4.57 Å². The summed E-state index contributed by atoms with van der Waals surface area (Å²) in [6, 6.07) is 38.9. The van der Waals surface area contributed by atoms with E-state index in [-0.39, 0.29) is 28.7 Å². The second kappa shape index (κ2) is 12.3. The maximum atomic E-state index is 8.95. The van der Waals surface area contributed by atoms with E-state index in [0.717, 1.165) is 65.8 Å². The summed E-state index contributed by atoms with van der Waals surface area (Å²) in [4.78, 5) is 14.4. The molecule has 0 atom stereocenters. The van der Waals surface area contributed by atoms with E-state index in [1.165, 1.54) is 0 Å².